The summed E-state index contributed by atoms with van der Waals surface area (Å²) in [6, 6.07) is 16.4. The first-order valence-electron chi connectivity index (χ1n) is 8.30. The molecule has 2 aromatic carbocycles. The van der Waals surface area contributed by atoms with Crippen molar-refractivity contribution in [2.45, 2.75) is 38.9 Å². The van der Waals surface area contributed by atoms with Gasteiger partial charge in [-0.2, -0.15) is 0 Å². The van der Waals surface area contributed by atoms with Crippen LogP contribution in [0.4, 0.5) is 0 Å². The zero-order valence-electron chi connectivity index (χ0n) is 14.5. The van der Waals surface area contributed by atoms with Gasteiger partial charge in [-0.15, -0.1) is 0 Å². The minimum atomic E-state index is -0.363. The van der Waals surface area contributed by atoms with E-state index in [-0.39, 0.29) is 18.3 Å². The van der Waals surface area contributed by atoms with E-state index in [9.17, 15) is 0 Å². The van der Waals surface area contributed by atoms with Gasteiger partial charge in [0.1, 0.15) is 5.58 Å². The molecule has 0 amide bonds. The summed E-state index contributed by atoms with van der Waals surface area (Å²) in [5.41, 5.74) is 3.43. The summed E-state index contributed by atoms with van der Waals surface area (Å²) >= 11 is 0. The van der Waals surface area contributed by atoms with E-state index in [2.05, 4.69) is 45.9 Å². The molecule has 0 bridgehead atoms. The lowest BCUT2D eigenvalue weighted by molar-refractivity contribution is 0.00578. The van der Waals surface area contributed by atoms with Gasteiger partial charge >= 0.3 is 7.12 Å². The van der Waals surface area contributed by atoms with Crippen molar-refractivity contribution < 1.29 is 13.7 Å². The van der Waals surface area contributed by atoms with Crippen LogP contribution < -0.4 is 5.46 Å². The molecule has 4 heteroatoms. The van der Waals surface area contributed by atoms with E-state index in [0.717, 1.165) is 27.6 Å². The Morgan fingerprint density at radius 1 is 0.833 bits per heavy atom. The average molecular weight is 320 g/mol. The van der Waals surface area contributed by atoms with E-state index in [1.54, 1.807) is 0 Å². The molecule has 1 fully saturated rings. The summed E-state index contributed by atoms with van der Waals surface area (Å²) in [7, 11) is -0.363. The van der Waals surface area contributed by atoms with Crippen molar-refractivity contribution in [3.8, 4) is 11.1 Å². The van der Waals surface area contributed by atoms with Crippen LogP contribution in [-0.2, 0) is 9.31 Å². The van der Waals surface area contributed by atoms with Crippen molar-refractivity contribution in [2.75, 3.05) is 0 Å². The fourth-order valence-electron chi connectivity index (χ4n) is 3.01. The fourth-order valence-corrected chi connectivity index (χ4v) is 3.01. The minimum Gasteiger partial charge on any atom is -0.464 e. The highest BCUT2D eigenvalue weighted by atomic mass is 16.7. The van der Waals surface area contributed by atoms with E-state index >= 15 is 0 Å². The Morgan fingerprint density at radius 3 is 2.17 bits per heavy atom. The number of fused-ring (bicyclic) bond motifs is 1. The highest BCUT2D eigenvalue weighted by Crippen LogP contribution is 2.37. The van der Waals surface area contributed by atoms with Crippen LogP contribution in [0.15, 0.2) is 59.2 Å². The molecule has 1 saturated heterocycles. The van der Waals surface area contributed by atoms with Crippen molar-refractivity contribution >= 4 is 23.6 Å². The lowest BCUT2D eigenvalue weighted by Gasteiger charge is -2.32. The third-order valence-electron chi connectivity index (χ3n) is 5.21. The van der Waals surface area contributed by atoms with Crippen LogP contribution in [0.25, 0.3) is 22.1 Å². The molecule has 0 saturated carbocycles. The Kier molecular flexibility index (Phi) is 3.38. The van der Waals surface area contributed by atoms with E-state index in [1.807, 2.05) is 36.6 Å². The molecule has 0 atom stereocenters. The average Bonchev–Trinajstić information content (AvgIpc) is 3.06. The molecule has 3 nitrogen and oxygen atoms in total. The number of hydrogen-bond donors (Lipinski definition) is 0. The normalized spacial score (nSPS) is 19.1. The third-order valence-corrected chi connectivity index (χ3v) is 5.21. The molecule has 0 unspecified atom stereocenters. The molecule has 3 aromatic rings. The number of rotatable bonds is 2. The van der Waals surface area contributed by atoms with Crippen LogP contribution in [0.3, 0.4) is 0 Å². The SMILES string of the molecule is CC1(C)OB(c2ccc3occ(-c4ccccc4)c3c2)OC1(C)C. The van der Waals surface area contributed by atoms with Crippen LogP contribution in [0.2, 0.25) is 0 Å². The van der Waals surface area contributed by atoms with Gasteiger partial charge in [0, 0.05) is 10.9 Å². The molecule has 0 radical (unpaired) electrons. The Balaban J connectivity index is 1.77. The van der Waals surface area contributed by atoms with Gasteiger partial charge < -0.3 is 13.7 Å². The molecule has 1 aliphatic heterocycles. The minimum absolute atomic E-state index is 0.342. The van der Waals surface area contributed by atoms with Crippen molar-refractivity contribution in [3.63, 3.8) is 0 Å². The zero-order valence-corrected chi connectivity index (χ0v) is 14.5. The number of benzene rings is 2. The number of hydrogen-bond acceptors (Lipinski definition) is 3. The molecule has 4 rings (SSSR count). The zero-order chi connectivity index (χ0) is 16.9. The van der Waals surface area contributed by atoms with E-state index in [0.29, 0.717) is 0 Å². The Bertz CT molecular complexity index is 864. The van der Waals surface area contributed by atoms with Crippen molar-refractivity contribution in [2.24, 2.45) is 0 Å². The topological polar surface area (TPSA) is 31.6 Å². The van der Waals surface area contributed by atoms with Gasteiger partial charge in [0.15, 0.2) is 0 Å². The second kappa shape index (κ2) is 5.23. The second-order valence-electron chi connectivity index (χ2n) is 7.36. The highest BCUT2D eigenvalue weighted by molar-refractivity contribution is 6.62. The summed E-state index contributed by atoms with van der Waals surface area (Å²) in [6.45, 7) is 8.27. The molecule has 24 heavy (non-hydrogen) atoms. The molecule has 122 valence electrons. The van der Waals surface area contributed by atoms with Gasteiger partial charge in [-0.05, 0) is 44.8 Å². The molecular weight excluding hydrogens is 299 g/mol. The maximum Gasteiger partial charge on any atom is 0.494 e. The molecular formula is C20H21BO3. The van der Waals surface area contributed by atoms with Gasteiger partial charge in [0.05, 0.1) is 17.5 Å². The van der Waals surface area contributed by atoms with Crippen molar-refractivity contribution in [1.82, 2.24) is 0 Å². The predicted molar refractivity (Wildman–Crippen MR) is 97.4 cm³/mol. The van der Waals surface area contributed by atoms with E-state index < -0.39 is 0 Å². The molecule has 0 aliphatic carbocycles. The first-order chi connectivity index (χ1) is 11.4. The predicted octanol–water partition coefficient (Wildman–Crippen LogP) is 4.40. The van der Waals surface area contributed by atoms with E-state index in [1.165, 1.54) is 0 Å². The second-order valence-corrected chi connectivity index (χ2v) is 7.36. The maximum atomic E-state index is 6.17. The van der Waals surface area contributed by atoms with Crippen LogP contribution in [0.1, 0.15) is 27.7 Å². The molecule has 0 spiro atoms. The van der Waals surface area contributed by atoms with E-state index in [4.69, 9.17) is 13.7 Å². The van der Waals surface area contributed by atoms with Gasteiger partial charge in [0.2, 0.25) is 0 Å². The molecule has 2 heterocycles. The van der Waals surface area contributed by atoms with Crippen molar-refractivity contribution in [3.05, 3.63) is 54.8 Å². The smallest absolute Gasteiger partial charge is 0.464 e. The largest absolute Gasteiger partial charge is 0.494 e. The Morgan fingerprint density at radius 2 is 1.50 bits per heavy atom. The summed E-state index contributed by atoms with van der Waals surface area (Å²) < 4.78 is 18.1. The lowest BCUT2D eigenvalue weighted by atomic mass is 9.78. The standard InChI is InChI=1S/C20H21BO3/c1-19(2)20(3,4)24-21(23-19)15-10-11-18-16(12-15)17(13-22-18)14-8-6-5-7-9-14/h5-13H,1-4H3. The lowest BCUT2D eigenvalue weighted by Crippen LogP contribution is -2.41. The van der Waals surface area contributed by atoms with Crippen LogP contribution >= 0.6 is 0 Å². The van der Waals surface area contributed by atoms with Crippen LogP contribution in [0, 0.1) is 0 Å². The van der Waals surface area contributed by atoms with Gasteiger partial charge in [0.25, 0.3) is 0 Å². The highest BCUT2D eigenvalue weighted by Gasteiger charge is 2.51. The van der Waals surface area contributed by atoms with Crippen molar-refractivity contribution in [1.29, 1.82) is 0 Å². The summed E-state index contributed by atoms with van der Waals surface area (Å²) in [5.74, 6) is 0. The van der Waals surface area contributed by atoms with Gasteiger partial charge in [-0.1, -0.05) is 42.5 Å². The monoisotopic (exact) mass is 320 g/mol. The Hall–Kier alpha value is -2.04. The maximum absolute atomic E-state index is 6.17. The molecule has 0 N–H and O–H groups in total. The van der Waals surface area contributed by atoms with Gasteiger partial charge in [-0.25, -0.2) is 0 Å². The van der Waals surface area contributed by atoms with Gasteiger partial charge in [-0.3, -0.25) is 0 Å². The first kappa shape index (κ1) is 15.5. The Labute approximate surface area is 142 Å². The third kappa shape index (κ3) is 2.38. The number of furan rings is 1. The summed E-state index contributed by atoms with van der Waals surface area (Å²) in [5, 5.41) is 1.08. The first-order valence-corrected chi connectivity index (χ1v) is 8.30. The van der Waals surface area contributed by atoms with Crippen LogP contribution in [-0.4, -0.2) is 18.3 Å². The fraction of sp³-hybridized carbons (Fsp3) is 0.300. The quantitative estimate of drug-likeness (QED) is 0.656. The van der Waals surface area contributed by atoms with Crippen LogP contribution in [0.5, 0.6) is 0 Å². The molecule has 1 aromatic heterocycles. The molecule has 1 aliphatic rings. The summed E-state index contributed by atoms with van der Waals surface area (Å²) in [4.78, 5) is 0. The summed E-state index contributed by atoms with van der Waals surface area (Å²) in [6.07, 6.45) is 1.81.